The van der Waals surface area contributed by atoms with Gasteiger partial charge in [-0.25, -0.2) is 0 Å². The number of hydrogen-bond donors (Lipinski definition) is 1. The highest BCUT2D eigenvalue weighted by molar-refractivity contribution is 7.99. The zero-order valence-corrected chi connectivity index (χ0v) is 9.72. The van der Waals surface area contributed by atoms with Gasteiger partial charge in [-0.05, 0) is 12.0 Å². The minimum Gasteiger partial charge on any atom is -0.374 e. The molecular weight excluding hydrogens is 226 g/mol. The van der Waals surface area contributed by atoms with Crippen LogP contribution in [0.2, 0.25) is 0 Å². The fourth-order valence-corrected chi connectivity index (χ4v) is 2.59. The lowest BCUT2D eigenvalue weighted by Crippen LogP contribution is -1.88. The molecule has 0 saturated carbocycles. The van der Waals surface area contributed by atoms with Gasteiger partial charge >= 0.3 is 0 Å². The molecule has 1 heterocycles. The molecule has 15 heavy (non-hydrogen) atoms. The fourth-order valence-electron chi connectivity index (χ4n) is 1.18. The van der Waals surface area contributed by atoms with Gasteiger partial charge in [0.2, 0.25) is 10.3 Å². The molecule has 0 unspecified atom stereocenters. The van der Waals surface area contributed by atoms with Crippen LogP contribution in [0.1, 0.15) is 5.56 Å². The number of thioether (sulfide) groups is 1. The maximum absolute atomic E-state index is 5.49. The SMILES string of the molecule is Nc1nc(SCCc2ccccc2)ns1. The van der Waals surface area contributed by atoms with E-state index in [9.17, 15) is 0 Å². The van der Waals surface area contributed by atoms with Crippen LogP contribution in [0.15, 0.2) is 35.5 Å². The first-order chi connectivity index (χ1) is 7.34. The molecule has 0 radical (unpaired) electrons. The lowest BCUT2D eigenvalue weighted by atomic mass is 10.2. The molecule has 0 saturated heterocycles. The predicted octanol–water partition coefficient (Wildman–Crippen LogP) is 2.46. The highest BCUT2D eigenvalue weighted by Gasteiger charge is 2.01. The third-order valence-corrected chi connectivity index (χ3v) is 3.39. The van der Waals surface area contributed by atoms with Gasteiger partial charge < -0.3 is 5.73 Å². The Balaban J connectivity index is 1.80. The van der Waals surface area contributed by atoms with Gasteiger partial charge in [0, 0.05) is 17.3 Å². The molecule has 0 spiro atoms. The number of nitrogens with zero attached hydrogens (tertiary/aromatic N) is 2. The van der Waals surface area contributed by atoms with Crippen LogP contribution in [0.4, 0.5) is 5.13 Å². The number of aromatic nitrogens is 2. The highest BCUT2D eigenvalue weighted by atomic mass is 32.2. The number of anilines is 1. The summed E-state index contributed by atoms with van der Waals surface area (Å²) >= 11 is 2.89. The van der Waals surface area contributed by atoms with Crippen LogP contribution in [-0.4, -0.2) is 15.1 Å². The van der Waals surface area contributed by atoms with E-state index in [4.69, 9.17) is 5.73 Å². The molecule has 0 amide bonds. The molecule has 0 bridgehead atoms. The summed E-state index contributed by atoms with van der Waals surface area (Å²) in [5.74, 6) is 0.986. The second-order valence-electron chi connectivity index (χ2n) is 3.00. The van der Waals surface area contributed by atoms with Gasteiger partial charge in [-0.3, -0.25) is 0 Å². The molecule has 5 heteroatoms. The minimum absolute atomic E-state index is 0.539. The molecule has 0 fully saturated rings. The standard InChI is InChI=1S/C10H11N3S2/c11-9-12-10(13-15-9)14-7-6-8-4-2-1-3-5-8/h1-5H,6-7H2,(H2,11,12,13). The number of nitrogens with two attached hydrogens (primary N) is 1. The summed E-state index contributed by atoms with van der Waals surface area (Å²) in [5.41, 5.74) is 6.83. The predicted molar refractivity (Wildman–Crippen MR) is 65.2 cm³/mol. The van der Waals surface area contributed by atoms with Crippen molar-refractivity contribution in [1.82, 2.24) is 9.36 Å². The van der Waals surface area contributed by atoms with Gasteiger partial charge in [0.1, 0.15) is 0 Å². The van der Waals surface area contributed by atoms with Gasteiger partial charge in [0.05, 0.1) is 0 Å². The quantitative estimate of drug-likeness (QED) is 0.830. The molecule has 2 aromatic rings. The average Bonchev–Trinajstić information content (AvgIpc) is 2.66. The maximum atomic E-state index is 5.49. The first-order valence-corrected chi connectivity index (χ1v) is 6.36. The van der Waals surface area contributed by atoms with Crippen LogP contribution in [-0.2, 0) is 6.42 Å². The van der Waals surface area contributed by atoms with Crippen molar-refractivity contribution in [1.29, 1.82) is 0 Å². The second kappa shape index (κ2) is 5.14. The van der Waals surface area contributed by atoms with Crippen molar-refractivity contribution in [2.75, 3.05) is 11.5 Å². The van der Waals surface area contributed by atoms with Crippen molar-refractivity contribution < 1.29 is 0 Å². The van der Waals surface area contributed by atoms with Crippen molar-refractivity contribution in [3.63, 3.8) is 0 Å². The number of hydrogen-bond acceptors (Lipinski definition) is 5. The second-order valence-corrected chi connectivity index (χ2v) is 4.84. The molecule has 1 aromatic heterocycles. The normalized spacial score (nSPS) is 10.4. The van der Waals surface area contributed by atoms with Crippen LogP contribution in [0.5, 0.6) is 0 Å². The number of benzene rings is 1. The van der Waals surface area contributed by atoms with Crippen LogP contribution in [0.3, 0.4) is 0 Å². The highest BCUT2D eigenvalue weighted by Crippen LogP contribution is 2.18. The first-order valence-electron chi connectivity index (χ1n) is 4.60. The smallest absolute Gasteiger partial charge is 0.202 e. The zero-order valence-electron chi connectivity index (χ0n) is 8.09. The first kappa shape index (κ1) is 10.4. The Morgan fingerprint density at radius 3 is 2.73 bits per heavy atom. The number of aryl methyl sites for hydroxylation is 1. The minimum atomic E-state index is 0.539. The van der Waals surface area contributed by atoms with E-state index in [1.807, 2.05) is 6.07 Å². The Morgan fingerprint density at radius 1 is 1.27 bits per heavy atom. The summed E-state index contributed by atoms with van der Waals surface area (Å²) in [6, 6.07) is 10.4. The van der Waals surface area contributed by atoms with E-state index < -0.39 is 0 Å². The third-order valence-electron chi connectivity index (χ3n) is 1.89. The van der Waals surface area contributed by atoms with Gasteiger partial charge in [0.15, 0.2) is 0 Å². The van der Waals surface area contributed by atoms with Gasteiger partial charge in [0.25, 0.3) is 0 Å². The van der Waals surface area contributed by atoms with E-state index in [-0.39, 0.29) is 0 Å². The molecule has 3 nitrogen and oxygen atoms in total. The van der Waals surface area contributed by atoms with E-state index in [2.05, 4.69) is 33.6 Å². The summed E-state index contributed by atoms with van der Waals surface area (Å²) in [4.78, 5) is 4.09. The molecule has 0 aliphatic heterocycles. The van der Waals surface area contributed by atoms with Crippen LogP contribution in [0.25, 0.3) is 0 Å². The summed E-state index contributed by atoms with van der Waals surface area (Å²) < 4.78 is 4.12. The van der Waals surface area contributed by atoms with E-state index in [0.717, 1.165) is 17.3 Å². The fraction of sp³-hybridized carbons (Fsp3) is 0.200. The zero-order chi connectivity index (χ0) is 10.5. The molecule has 0 aliphatic carbocycles. The van der Waals surface area contributed by atoms with Crippen molar-refractivity contribution >= 4 is 28.4 Å². The molecular formula is C10H11N3S2. The van der Waals surface area contributed by atoms with E-state index in [0.29, 0.717) is 5.13 Å². The van der Waals surface area contributed by atoms with Crippen molar-refractivity contribution in [2.45, 2.75) is 11.6 Å². The van der Waals surface area contributed by atoms with E-state index in [1.54, 1.807) is 11.8 Å². The maximum Gasteiger partial charge on any atom is 0.202 e. The third kappa shape index (κ3) is 3.21. The Labute approximate surface area is 96.9 Å². The van der Waals surface area contributed by atoms with E-state index >= 15 is 0 Å². The number of nitrogen functional groups attached to an aromatic ring is 1. The summed E-state index contributed by atoms with van der Waals surface area (Å²) in [5, 5.41) is 1.32. The van der Waals surface area contributed by atoms with Gasteiger partial charge in [-0.2, -0.15) is 9.36 Å². The van der Waals surface area contributed by atoms with Gasteiger partial charge in [-0.1, -0.05) is 42.1 Å². The molecule has 2 N–H and O–H groups in total. The van der Waals surface area contributed by atoms with Crippen molar-refractivity contribution in [2.24, 2.45) is 0 Å². The summed E-state index contributed by atoms with van der Waals surface area (Å²) in [6.45, 7) is 0. The molecule has 0 atom stereocenters. The Bertz CT molecular complexity index is 414. The van der Waals surface area contributed by atoms with Crippen LogP contribution >= 0.6 is 23.3 Å². The van der Waals surface area contributed by atoms with Crippen LogP contribution in [0, 0.1) is 0 Å². The van der Waals surface area contributed by atoms with Crippen molar-refractivity contribution in [3.05, 3.63) is 35.9 Å². The topological polar surface area (TPSA) is 51.8 Å². The average molecular weight is 237 g/mol. The van der Waals surface area contributed by atoms with Crippen molar-refractivity contribution in [3.8, 4) is 0 Å². The molecule has 0 aliphatic rings. The lowest BCUT2D eigenvalue weighted by Gasteiger charge is -1.98. The largest absolute Gasteiger partial charge is 0.374 e. The Morgan fingerprint density at radius 2 is 2.07 bits per heavy atom. The van der Waals surface area contributed by atoms with Gasteiger partial charge in [-0.15, -0.1) is 0 Å². The molecule has 1 aromatic carbocycles. The summed E-state index contributed by atoms with van der Waals surface area (Å²) in [7, 11) is 0. The Kier molecular flexibility index (Phi) is 3.58. The molecule has 2 rings (SSSR count). The van der Waals surface area contributed by atoms with E-state index in [1.165, 1.54) is 17.1 Å². The lowest BCUT2D eigenvalue weighted by molar-refractivity contribution is 1.07. The summed E-state index contributed by atoms with van der Waals surface area (Å²) in [6.07, 6.45) is 1.03. The van der Waals surface area contributed by atoms with Crippen LogP contribution < -0.4 is 5.73 Å². The number of rotatable bonds is 4. The molecule has 78 valence electrons. The Hall–Kier alpha value is -1.07. The monoisotopic (exact) mass is 237 g/mol.